The summed E-state index contributed by atoms with van der Waals surface area (Å²) in [5, 5.41) is 0. The van der Waals surface area contributed by atoms with Crippen molar-refractivity contribution in [2.24, 2.45) is 0 Å². The average molecular weight is 415 g/mol. The fourth-order valence-electron chi connectivity index (χ4n) is 4.28. The zero-order valence-electron chi connectivity index (χ0n) is 21.2. The first kappa shape index (κ1) is 24.9. The van der Waals surface area contributed by atoms with Crippen molar-refractivity contribution >= 4 is 5.57 Å². The van der Waals surface area contributed by atoms with E-state index in [-0.39, 0.29) is 0 Å². The summed E-state index contributed by atoms with van der Waals surface area (Å²) < 4.78 is 0. The Morgan fingerprint density at radius 1 is 0.742 bits per heavy atom. The van der Waals surface area contributed by atoms with E-state index in [9.17, 15) is 0 Å². The molecule has 0 unspecified atom stereocenters. The maximum Gasteiger partial charge on any atom is -0.00739 e. The van der Waals surface area contributed by atoms with Crippen molar-refractivity contribution in [1.29, 1.82) is 0 Å². The van der Waals surface area contributed by atoms with E-state index in [0.717, 1.165) is 12.8 Å². The largest absolute Gasteiger partial charge is 0.0727 e. The first-order valence-electron chi connectivity index (χ1n) is 12.1. The van der Waals surface area contributed by atoms with Gasteiger partial charge in [0.2, 0.25) is 0 Å². The smallest absolute Gasteiger partial charge is 0.00739 e. The molecular weight excluding hydrogens is 372 g/mol. The standard InChI is InChI=1S/C27H32.C4H10/c1-7-24(25-14-10-19(3)16-21(25)5)27(23-12-8-18(2)9-13-23)26-15-11-20(4)17-22(26)6;1-3-4-2/h8-9,11-13,15-17H,7,10,14H2,1-6H3;3-4H2,1-2H3/b27-24+;. The second-order valence-electron chi connectivity index (χ2n) is 9.04. The Bertz CT molecular complexity index is 960. The molecule has 0 aliphatic heterocycles. The molecule has 166 valence electrons. The van der Waals surface area contributed by atoms with Crippen LogP contribution in [0.2, 0.25) is 0 Å². The van der Waals surface area contributed by atoms with E-state index in [2.05, 4.69) is 104 Å². The Labute approximate surface area is 191 Å². The maximum absolute atomic E-state index is 2.38. The zero-order chi connectivity index (χ0) is 23.0. The van der Waals surface area contributed by atoms with Crippen LogP contribution >= 0.6 is 0 Å². The Hall–Kier alpha value is -2.34. The highest BCUT2D eigenvalue weighted by atomic mass is 14.2. The SMILES string of the molecule is CC/C(C1=C(C)C=C(C)CC1)=C(/c1ccc(C)cc1)c1ccc(C)cc1C.CCCC. The van der Waals surface area contributed by atoms with E-state index in [1.807, 2.05) is 0 Å². The highest BCUT2D eigenvalue weighted by Gasteiger charge is 2.19. The zero-order valence-corrected chi connectivity index (χ0v) is 21.2. The van der Waals surface area contributed by atoms with Gasteiger partial charge < -0.3 is 0 Å². The summed E-state index contributed by atoms with van der Waals surface area (Å²) in [6.45, 7) is 17.8. The number of allylic oxidation sites excluding steroid dienone is 5. The molecule has 0 amide bonds. The second kappa shape index (κ2) is 11.9. The van der Waals surface area contributed by atoms with Crippen molar-refractivity contribution in [2.75, 3.05) is 0 Å². The van der Waals surface area contributed by atoms with Gasteiger partial charge in [0.05, 0.1) is 0 Å². The fraction of sp³-hybridized carbons (Fsp3) is 0.419. The van der Waals surface area contributed by atoms with E-state index < -0.39 is 0 Å². The van der Waals surface area contributed by atoms with Crippen LogP contribution in [0.5, 0.6) is 0 Å². The van der Waals surface area contributed by atoms with E-state index in [1.165, 1.54) is 69.4 Å². The van der Waals surface area contributed by atoms with Crippen molar-refractivity contribution in [1.82, 2.24) is 0 Å². The van der Waals surface area contributed by atoms with E-state index in [0.29, 0.717) is 0 Å². The van der Waals surface area contributed by atoms with Gasteiger partial charge in [0.25, 0.3) is 0 Å². The molecule has 0 heteroatoms. The molecule has 0 N–H and O–H groups in total. The molecular formula is C31H42. The molecule has 0 atom stereocenters. The van der Waals surface area contributed by atoms with Gasteiger partial charge in [0.1, 0.15) is 0 Å². The predicted molar refractivity (Wildman–Crippen MR) is 140 cm³/mol. The molecule has 2 aromatic carbocycles. The van der Waals surface area contributed by atoms with Crippen LogP contribution in [0.1, 0.15) is 94.5 Å². The summed E-state index contributed by atoms with van der Waals surface area (Å²) in [6, 6.07) is 15.9. The van der Waals surface area contributed by atoms with Crippen LogP contribution < -0.4 is 0 Å². The normalized spacial score (nSPS) is 14.5. The number of unbranched alkanes of at least 4 members (excludes halogenated alkanes) is 1. The van der Waals surface area contributed by atoms with Crippen molar-refractivity contribution in [3.63, 3.8) is 0 Å². The molecule has 3 rings (SSSR count). The van der Waals surface area contributed by atoms with Crippen LogP contribution in [-0.2, 0) is 0 Å². The Kier molecular flexibility index (Phi) is 9.56. The van der Waals surface area contributed by atoms with Crippen LogP contribution in [-0.4, -0.2) is 0 Å². The van der Waals surface area contributed by atoms with Gasteiger partial charge in [-0.15, -0.1) is 0 Å². The Balaban J connectivity index is 0.000000785. The summed E-state index contributed by atoms with van der Waals surface area (Å²) in [7, 11) is 0. The number of aryl methyl sites for hydroxylation is 3. The molecule has 31 heavy (non-hydrogen) atoms. The van der Waals surface area contributed by atoms with Crippen molar-refractivity contribution in [3.05, 3.63) is 98.7 Å². The van der Waals surface area contributed by atoms with Crippen molar-refractivity contribution in [2.45, 2.75) is 87.5 Å². The third kappa shape index (κ3) is 6.57. The molecule has 0 spiro atoms. The first-order chi connectivity index (χ1) is 14.8. The van der Waals surface area contributed by atoms with Crippen molar-refractivity contribution in [3.8, 4) is 0 Å². The summed E-state index contributed by atoms with van der Waals surface area (Å²) in [5.74, 6) is 0. The molecule has 0 heterocycles. The molecule has 0 bridgehead atoms. The van der Waals surface area contributed by atoms with Gasteiger partial charge in [0.15, 0.2) is 0 Å². The third-order valence-corrected chi connectivity index (χ3v) is 6.22. The number of hydrogen-bond acceptors (Lipinski definition) is 0. The second-order valence-corrected chi connectivity index (χ2v) is 9.04. The quantitative estimate of drug-likeness (QED) is 0.456. The highest BCUT2D eigenvalue weighted by molar-refractivity contribution is 5.86. The third-order valence-electron chi connectivity index (χ3n) is 6.22. The number of hydrogen-bond donors (Lipinski definition) is 0. The minimum atomic E-state index is 1.05. The number of benzene rings is 2. The lowest BCUT2D eigenvalue weighted by Crippen LogP contribution is -2.04. The van der Waals surface area contributed by atoms with Gasteiger partial charge in [-0.25, -0.2) is 0 Å². The lowest BCUT2D eigenvalue weighted by Gasteiger charge is -2.24. The van der Waals surface area contributed by atoms with E-state index in [1.54, 1.807) is 5.57 Å². The summed E-state index contributed by atoms with van der Waals surface area (Å²) in [5.41, 5.74) is 14.1. The molecule has 1 aliphatic rings. The van der Waals surface area contributed by atoms with E-state index in [4.69, 9.17) is 0 Å². The summed E-state index contributed by atoms with van der Waals surface area (Å²) in [6.07, 6.45) is 8.39. The lowest BCUT2D eigenvalue weighted by molar-refractivity contribution is 0.877. The highest BCUT2D eigenvalue weighted by Crippen LogP contribution is 2.39. The van der Waals surface area contributed by atoms with Crippen LogP contribution in [0.3, 0.4) is 0 Å². The van der Waals surface area contributed by atoms with Gasteiger partial charge in [0, 0.05) is 0 Å². The van der Waals surface area contributed by atoms with Crippen LogP contribution in [0.4, 0.5) is 0 Å². The minimum Gasteiger partial charge on any atom is -0.0727 e. The van der Waals surface area contributed by atoms with Crippen LogP contribution in [0, 0.1) is 20.8 Å². The molecule has 0 saturated carbocycles. The molecule has 0 nitrogen and oxygen atoms in total. The molecule has 0 saturated heterocycles. The van der Waals surface area contributed by atoms with Gasteiger partial charge in [-0.2, -0.15) is 0 Å². The molecule has 2 aromatic rings. The van der Waals surface area contributed by atoms with Crippen molar-refractivity contribution < 1.29 is 0 Å². The van der Waals surface area contributed by atoms with Gasteiger partial charge in [-0.1, -0.05) is 98.9 Å². The molecule has 1 aliphatic carbocycles. The van der Waals surface area contributed by atoms with Crippen LogP contribution in [0.15, 0.2) is 70.8 Å². The molecule has 0 radical (unpaired) electrons. The lowest BCUT2D eigenvalue weighted by atomic mass is 9.81. The maximum atomic E-state index is 2.38. The topological polar surface area (TPSA) is 0 Å². The fourth-order valence-corrected chi connectivity index (χ4v) is 4.28. The predicted octanol–water partition coefficient (Wildman–Crippen LogP) is 9.69. The van der Waals surface area contributed by atoms with E-state index >= 15 is 0 Å². The van der Waals surface area contributed by atoms with Gasteiger partial charge >= 0.3 is 0 Å². The number of rotatable bonds is 5. The Morgan fingerprint density at radius 3 is 1.87 bits per heavy atom. The van der Waals surface area contributed by atoms with Crippen LogP contribution in [0.25, 0.3) is 5.57 Å². The first-order valence-corrected chi connectivity index (χ1v) is 12.1. The summed E-state index contributed by atoms with van der Waals surface area (Å²) >= 11 is 0. The average Bonchev–Trinajstić information content (AvgIpc) is 2.74. The van der Waals surface area contributed by atoms with Gasteiger partial charge in [-0.3, -0.25) is 0 Å². The minimum absolute atomic E-state index is 1.05. The van der Waals surface area contributed by atoms with Gasteiger partial charge in [-0.05, 0) is 92.9 Å². The summed E-state index contributed by atoms with van der Waals surface area (Å²) in [4.78, 5) is 0. The monoisotopic (exact) mass is 414 g/mol. The Morgan fingerprint density at radius 2 is 1.35 bits per heavy atom. The molecule has 0 fully saturated rings. The molecule has 0 aromatic heterocycles.